The standard InChI is InChI=1S/C16H24BrN3O3S/c1-13-11-14(5-6-15(13)17)24(22,23)20-8-4-7-19(9-10-20)12-16(21)18(2)3/h5-6,11H,4,7-10,12H2,1-3H3. The molecular formula is C16H24BrN3O3S. The minimum Gasteiger partial charge on any atom is -0.348 e. The second-order valence-electron chi connectivity index (χ2n) is 6.23. The molecule has 1 heterocycles. The largest absolute Gasteiger partial charge is 0.348 e. The van der Waals surface area contributed by atoms with Crippen molar-refractivity contribution in [2.45, 2.75) is 18.2 Å². The highest BCUT2D eigenvalue weighted by atomic mass is 79.9. The fourth-order valence-corrected chi connectivity index (χ4v) is 4.41. The van der Waals surface area contributed by atoms with Crippen LogP contribution in [0.25, 0.3) is 0 Å². The van der Waals surface area contributed by atoms with Gasteiger partial charge in [-0.05, 0) is 43.7 Å². The second kappa shape index (κ2) is 7.95. The lowest BCUT2D eigenvalue weighted by atomic mass is 10.2. The van der Waals surface area contributed by atoms with Gasteiger partial charge in [-0.3, -0.25) is 9.69 Å². The summed E-state index contributed by atoms with van der Waals surface area (Å²) in [6.07, 6.45) is 0.718. The van der Waals surface area contributed by atoms with E-state index >= 15 is 0 Å². The van der Waals surface area contributed by atoms with Crippen molar-refractivity contribution in [1.29, 1.82) is 0 Å². The number of aryl methyl sites for hydroxylation is 1. The Morgan fingerprint density at radius 3 is 2.54 bits per heavy atom. The molecule has 0 aliphatic carbocycles. The first-order valence-corrected chi connectivity index (χ1v) is 10.1. The number of rotatable bonds is 4. The van der Waals surface area contributed by atoms with E-state index in [1.54, 1.807) is 37.2 Å². The Labute approximate surface area is 152 Å². The van der Waals surface area contributed by atoms with E-state index in [9.17, 15) is 13.2 Å². The van der Waals surface area contributed by atoms with E-state index in [2.05, 4.69) is 15.9 Å². The highest BCUT2D eigenvalue weighted by Gasteiger charge is 2.27. The Morgan fingerprint density at radius 1 is 1.21 bits per heavy atom. The zero-order valence-electron chi connectivity index (χ0n) is 14.3. The predicted octanol–water partition coefficient (Wildman–Crippen LogP) is 1.54. The SMILES string of the molecule is Cc1cc(S(=O)(=O)N2CCCN(CC(=O)N(C)C)CC2)ccc1Br. The van der Waals surface area contributed by atoms with Crippen molar-refractivity contribution in [3.8, 4) is 0 Å². The van der Waals surface area contributed by atoms with Crippen LogP contribution in [-0.4, -0.2) is 75.2 Å². The smallest absolute Gasteiger partial charge is 0.243 e. The lowest BCUT2D eigenvalue weighted by Gasteiger charge is -2.22. The summed E-state index contributed by atoms with van der Waals surface area (Å²) in [7, 11) is -0.0445. The van der Waals surface area contributed by atoms with Gasteiger partial charge in [-0.2, -0.15) is 4.31 Å². The van der Waals surface area contributed by atoms with Gasteiger partial charge in [0.15, 0.2) is 0 Å². The molecule has 1 amide bonds. The molecule has 0 saturated carbocycles. The van der Waals surface area contributed by atoms with Gasteiger partial charge in [-0.15, -0.1) is 0 Å². The third-order valence-electron chi connectivity index (χ3n) is 4.17. The van der Waals surface area contributed by atoms with Crippen molar-refractivity contribution in [1.82, 2.24) is 14.1 Å². The minimum atomic E-state index is -3.50. The summed E-state index contributed by atoms with van der Waals surface area (Å²) in [4.78, 5) is 15.7. The first-order valence-electron chi connectivity index (χ1n) is 7.90. The van der Waals surface area contributed by atoms with Crippen LogP contribution in [0.4, 0.5) is 0 Å². The number of carbonyl (C=O) groups is 1. The molecule has 0 atom stereocenters. The molecule has 0 N–H and O–H groups in total. The number of halogens is 1. The molecular weight excluding hydrogens is 394 g/mol. The quantitative estimate of drug-likeness (QED) is 0.745. The molecule has 1 saturated heterocycles. The van der Waals surface area contributed by atoms with Gasteiger partial charge < -0.3 is 4.90 Å². The van der Waals surface area contributed by atoms with Crippen LogP contribution in [0, 0.1) is 6.92 Å². The molecule has 24 heavy (non-hydrogen) atoms. The Balaban J connectivity index is 2.09. The molecule has 0 bridgehead atoms. The molecule has 1 aliphatic rings. The van der Waals surface area contributed by atoms with Gasteiger partial charge in [0.25, 0.3) is 0 Å². The van der Waals surface area contributed by atoms with E-state index in [-0.39, 0.29) is 5.91 Å². The van der Waals surface area contributed by atoms with E-state index in [1.807, 2.05) is 11.8 Å². The minimum absolute atomic E-state index is 0.0369. The molecule has 0 spiro atoms. The van der Waals surface area contributed by atoms with Crippen molar-refractivity contribution < 1.29 is 13.2 Å². The van der Waals surface area contributed by atoms with Gasteiger partial charge in [-0.1, -0.05) is 15.9 Å². The van der Waals surface area contributed by atoms with Crippen LogP contribution < -0.4 is 0 Å². The van der Waals surface area contributed by atoms with Crippen LogP contribution in [-0.2, 0) is 14.8 Å². The van der Waals surface area contributed by atoms with E-state index in [0.717, 1.165) is 23.0 Å². The molecule has 134 valence electrons. The number of carbonyl (C=O) groups excluding carboxylic acids is 1. The summed E-state index contributed by atoms with van der Waals surface area (Å²) in [6, 6.07) is 5.09. The first kappa shape index (κ1) is 19.4. The van der Waals surface area contributed by atoms with Crippen molar-refractivity contribution in [2.75, 3.05) is 46.8 Å². The molecule has 1 aliphatic heterocycles. The summed E-state index contributed by atoms with van der Waals surface area (Å²) in [5.41, 5.74) is 0.893. The fourth-order valence-electron chi connectivity index (χ4n) is 2.61. The number of nitrogens with zero attached hydrogens (tertiary/aromatic N) is 3. The zero-order chi connectivity index (χ0) is 17.9. The van der Waals surface area contributed by atoms with E-state index < -0.39 is 10.0 Å². The fraction of sp³-hybridized carbons (Fsp3) is 0.562. The summed E-state index contributed by atoms with van der Waals surface area (Å²) < 4.78 is 28.1. The molecule has 6 nitrogen and oxygen atoms in total. The van der Waals surface area contributed by atoms with Crippen LogP contribution in [0.3, 0.4) is 0 Å². The molecule has 1 aromatic rings. The summed E-state index contributed by atoms with van der Waals surface area (Å²) in [5, 5.41) is 0. The summed E-state index contributed by atoms with van der Waals surface area (Å²) >= 11 is 3.40. The molecule has 1 aromatic carbocycles. The highest BCUT2D eigenvalue weighted by molar-refractivity contribution is 9.10. The average molecular weight is 418 g/mol. The number of amides is 1. The Bertz CT molecular complexity index is 707. The maximum Gasteiger partial charge on any atom is 0.243 e. The molecule has 1 fully saturated rings. The van der Waals surface area contributed by atoms with Gasteiger partial charge in [0.1, 0.15) is 0 Å². The maximum atomic E-state index is 12.9. The van der Waals surface area contributed by atoms with Gasteiger partial charge in [0.2, 0.25) is 15.9 Å². The molecule has 0 unspecified atom stereocenters. The number of sulfonamides is 1. The molecule has 0 radical (unpaired) electrons. The van der Waals surface area contributed by atoms with Crippen LogP contribution in [0.5, 0.6) is 0 Å². The van der Waals surface area contributed by atoms with E-state index in [1.165, 1.54) is 4.31 Å². The summed E-state index contributed by atoms with van der Waals surface area (Å²) in [6.45, 7) is 4.37. The van der Waals surface area contributed by atoms with Crippen molar-refractivity contribution in [2.24, 2.45) is 0 Å². The van der Waals surface area contributed by atoms with Crippen LogP contribution >= 0.6 is 15.9 Å². The molecule has 8 heteroatoms. The molecule has 0 aromatic heterocycles. The number of likely N-dealkylation sites (N-methyl/N-ethyl adjacent to an activating group) is 1. The highest BCUT2D eigenvalue weighted by Crippen LogP contribution is 2.23. The van der Waals surface area contributed by atoms with E-state index in [0.29, 0.717) is 31.1 Å². The van der Waals surface area contributed by atoms with Gasteiger partial charge in [0, 0.05) is 38.2 Å². The normalized spacial score (nSPS) is 17.5. The summed E-state index contributed by atoms with van der Waals surface area (Å²) in [5.74, 6) is 0.0369. The number of hydrogen-bond donors (Lipinski definition) is 0. The monoisotopic (exact) mass is 417 g/mol. The molecule has 2 rings (SSSR count). The predicted molar refractivity (Wildman–Crippen MR) is 97.4 cm³/mol. The number of benzene rings is 1. The van der Waals surface area contributed by atoms with Crippen molar-refractivity contribution in [3.05, 3.63) is 28.2 Å². The number of hydrogen-bond acceptors (Lipinski definition) is 4. The van der Waals surface area contributed by atoms with Crippen LogP contribution in [0.2, 0.25) is 0 Å². The lowest BCUT2D eigenvalue weighted by molar-refractivity contribution is -0.129. The van der Waals surface area contributed by atoms with Crippen LogP contribution in [0.1, 0.15) is 12.0 Å². The van der Waals surface area contributed by atoms with E-state index in [4.69, 9.17) is 0 Å². The van der Waals surface area contributed by atoms with Gasteiger partial charge >= 0.3 is 0 Å². The Kier molecular flexibility index (Phi) is 6.41. The lowest BCUT2D eigenvalue weighted by Crippen LogP contribution is -2.39. The third-order valence-corrected chi connectivity index (χ3v) is 6.96. The maximum absolute atomic E-state index is 12.9. The Hall–Kier alpha value is -0.960. The third kappa shape index (κ3) is 4.56. The Morgan fingerprint density at radius 2 is 1.92 bits per heavy atom. The van der Waals surface area contributed by atoms with Crippen LogP contribution in [0.15, 0.2) is 27.6 Å². The van der Waals surface area contributed by atoms with Gasteiger partial charge in [-0.25, -0.2) is 8.42 Å². The van der Waals surface area contributed by atoms with Crippen molar-refractivity contribution >= 4 is 31.9 Å². The zero-order valence-corrected chi connectivity index (χ0v) is 16.7. The first-order chi connectivity index (χ1) is 11.2. The van der Waals surface area contributed by atoms with Gasteiger partial charge in [0.05, 0.1) is 11.4 Å². The second-order valence-corrected chi connectivity index (χ2v) is 9.03. The van der Waals surface area contributed by atoms with Crippen molar-refractivity contribution in [3.63, 3.8) is 0 Å². The topological polar surface area (TPSA) is 60.9 Å². The average Bonchev–Trinajstić information content (AvgIpc) is 2.75.